The number of carbonyl (C=O) groups is 1. The molecule has 1 spiro atoms. The van der Waals surface area contributed by atoms with Gasteiger partial charge in [-0.2, -0.15) is 0 Å². The summed E-state index contributed by atoms with van der Waals surface area (Å²) in [5.74, 6) is 1.23. The molecule has 0 aromatic heterocycles. The van der Waals surface area contributed by atoms with Gasteiger partial charge < -0.3 is 20.7 Å². The Morgan fingerprint density at radius 3 is 2.91 bits per heavy atom. The predicted molar refractivity (Wildman–Crippen MR) is 88.2 cm³/mol. The SMILES string of the molecule is O=C(NC1=CC=C2OC3(C=CC2C1)CCNCC3)C1=CCCN1. The Morgan fingerprint density at radius 2 is 2.13 bits per heavy atom. The summed E-state index contributed by atoms with van der Waals surface area (Å²) < 4.78 is 6.33. The van der Waals surface area contributed by atoms with Gasteiger partial charge in [-0.1, -0.05) is 12.2 Å². The summed E-state index contributed by atoms with van der Waals surface area (Å²) in [4.78, 5) is 12.2. The Bertz CT molecular complexity index is 624. The maximum absolute atomic E-state index is 12.2. The average Bonchev–Trinajstić information content (AvgIpc) is 3.11. The molecule has 5 heteroatoms. The second kappa shape index (κ2) is 5.89. The number of carbonyl (C=O) groups excluding carboxylic acids is 1. The number of hydrogen-bond acceptors (Lipinski definition) is 4. The van der Waals surface area contributed by atoms with Gasteiger partial charge in [0.1, 0.15) is 11.4 Å². The first-order valence-corrected chi connectivity index (χ1v) is 8.49. The van der Waals surface area contributed by atoms with Crippen LogP contribution in [-0.2, 0) is 9.53 Å². The smallest absolute Gasteiger partial charge is 0.271 e. The van der Waals surface area contributed by atoms with E-state index in [1.807, 2.05) is 18.2 Å². The lowest BCUT2D eigenvalue weighted by molar-refractivity contribution is -0.117. The van der Waals surface area contributed by atoms with Crippen LogP contribution in [0.3, 0.4) is 0 Å². The van der Waals surface area contributed by atoms with E-state index in [-0.39, 0.29) is 17.4 Å². The summed E-state index contributed by atoms with van der Waals surface area (Å²) >= 11 is 0. The largest absolute Gasteiger partial charge is 0.487 e. The second-order valence-electron chi connectivity index (χ2n) is 6.63. The maximum atomic E-state index is 12.2. The van der Waals surface area contributed by atoms with E-state index in [0.29, 0.717) is 5.70 Å². The minimum absolute atomic E-state index is 0.0406. The van der Waals surface area contributed by atoms with Gasteiger partial charge in [0.2, 0.25) is 0 Å². The van der Waals surface area contributed by atoms with Gasteiger partial charge in [0.05, 0.1) is 5.70 Å². The molecule has 1 saturated heterocycles. The summed E-state index contributed by atoms with van der Waals surface area (Å²) in [6, 6.07) is 0. The molecule has 122 valence electrons. The molecular formula is C18H23N3O2. The summed E-state index contributed by atoms with van der Waals surface area (Å²) in [7, 11) is 0. The molecule has 1 amide bonds. The van der Waals surface area contributed by atoms with Crippen molar-refractivity contribution in [2.75, 3.05) is 19.6 Å². The molecule has 0 saturated carbocycles. The molecule has 0 aromatic rings. The van der Waals surface area contributed by atoms with Gasteiger partial charge in [-0.05, 0) is 37.7 Å². The highest BCUT2D eigenvalue weighted by Crippen LogP contribution is 2.39. The molecule has 3 aliphatic heterocycles. The van der Waals surface area contributed by atoms with Crippen molar-refractivity contribution in [1.29, 1.82) is 0 Å². The molecule has 5 nitrogen and oxygen atoms in total. The highest BCUT2D eigenvalue weighted by Gasteiger charge is 2.37. The van der Waals surface area contributed by atoms with E-state index in [0.717, 1.165) is 56.8 Å². The molecule has 0 bridgehead atoms. The molecule has 4 aliphatic rings. The molecule has 4 rings (SSSR count). The van der Waals surface area contributed by atoms with E-state index in [1.165, 1.54) is 0 Å². The van der Waals surface area contributed by atoms with Crippen LogP contribution in [0, 0.1) is 5.92 Å². The van der Waals surface area contributed by atoms with Crippen LogP contribution in [0.2, 0.25) is 0 Å². The molecule has 0 aromatic carbocycles. The zero-order valence-electron chi connectivity index (χ0n) is 13.2. The fourth-order valence-corrected chi connectivity index (χ4v) is 3.64. The van der Waals surface area contributed by atoms with E-state index in [9.17, 15) is 4.79 Å². The Kier molecular flexibility index (Phi) is 3.73. The Labute approximate surface area is 136 Å². The normalized spacial score (nSPS) is 28.0. The third kappa shape index (κ3) is 2.93. The number of nitrogens with one attached hydrogen (secondary N) is 3. The molecule has 23 heavy (non-hydrogen) atoms. The van der Waals surface area contributed by atoms with Crippen molar-refractivity contribution in [3.8, 4) is 0 Å². The third-order valence-corrected chi connectivity index (χ3v) is 4.98. The van der Waals surface area contributed by atoms with Crippen LogP contribution >= 0.6 is 0 Å². The number of piperidine rings is 1. The molecule has 3 heterocycles. The van der Waals surface area contributed by atoms with E-state index in [1.54, 1.807) is 0 Å². The van der Waals surface area contributed by atoms with Crippen LogP contribution in [0.1, 0.15) is 25.7 Å². The lowest BCUT2D eigenvalue weighted by Gasteiger charge is -2.41. The quantitative estimate of drug-likeness (QED) is 0.676. The van der Waals surface area contributed by atoms with Gasteiger partial charge in [0.25, 0.3) is 5.91 Å². The highest BCUT2D eigenvalue weighted by atomic mass is 16.5. The first kappa shape index (κ1) is 14.6. The molecule has 3 N–H and O–H groups in total. The number of rotatable bonds is 2. The minimum atomic E-state index is -0.124. The van der Waals surface area contributed by atoms with Crippen LogP contribution in [0.15, 0.2) is 47.5 Å². The molecule has 1 unspecified atom stereocenters. The lowest BCUT2D eigenvalue weighted by atomic mass is 9.84. The van der Waals surface area contributed by atoms with Crippen molar-refractivity contribution in [3.63, 3.8) is 0 Å². The standard InChI is InChI=1S/C18H23N3O2/c22-17(15-2-1-9-20-15)21-14-3-4-16-13(12-14)5-6-18(23-16)7-10-19-11-8-18/h2-6,13,19-20H,1,7-12H2,(H,21,22). The van der Waals surface area contributed by atoms with Crippen molar-refractivity contribution in [1.82, 2.24) is 16.0 Å². The zero-order valence-corrected chi connectivity index (χ0v) is 13.2. The lowest BCUT2D eigenvalue weighted by Crippen LogP contribution is -2.44. The van der Waals surface area contributed by atoms with Crippen molar-refractivity contribution in [2.24, 2.45) is 5.92 Å². The minimum Gasteiger partial charge on any atom is -0.487 e. The van der Waals surface area contributed by atoms with Crippen molar-refractivity contribution >= 4 is 5.91 Å². The first-order chi connectivity index (χ1) is 11.2. The average molecular weight is 313 g/mol. The summed E-state index contributed by atoms with van der Waals surface area (Å²) in [6.45, 7) is 2.85. The predicted octanol–water partition coefficient (Wildman–Crippen LogP) is 1.48. The second-order valence-corrected chi connectivity index (χ2v) is 6.63. The van der Waals surface area contributed by atoms with Gasteiger partial charge in [0, 0.05) is 37.4 Å². The zero-order chi connectivity index (χ0) is 15.7. The van der Waals surface area contributed by atoms with Crippen LogP contribution in [-0.4, -0.2) is 31.1 Å². The number of fused-ring (bicyclic) bond motifs is 1. The monoisotopic (exact) mass is 313 g/mol. The Hall–Kier alpha value is -2.01. The van der Waals surface area contributed by atoms with E-state index in [4.69, 9.17) is 4.74 Å². The van der Waals surface area contributed by atoms with Gasteiger partial charge in [-0.25, -0.2) is 0 Å². The van der Waals surface area contributed by atoms with Gasteiger partial charge >= 0.3 is 0 Å². The van der Waals surface area contributed by atoms with Crippen LogP contribution in [0.25, 0.3) is 0 Å². The van der Waals surface area contributed by atoms with E-state index >= 15 is 0 Å². The van der Waals surface area contributed by atoms with Crippen LogP contribution in [0.4, 0.5) is 0 Å². The molecule has 1 fully saturated rings. The van der Waals surface area contributed by atoms with Crippen molar-refractivity contribution in [3.05, 3.63) is 47.5 Å². The fraction of sp³-hybridized carbons (Fsp3) is 0.500. The maximum Gasteiger partial charge on any atom is 0.271 e. The number of hydrogen-bond donors (Lipinski definition) is 3. The van der Waals surface area contributed by atoms with Gasteiger partial charge in [0.15, 0.2) is 0 Å². The molecule has 0 radical (unpaired) electrons. The molecule has 1 atom stereocenters. The number of amides is 1. The molecule has 1 aliphatic carbocycles. The summed E-state index contributed by atoms with van der Waals surface area (Å²) in [5, 5.41) is 9.49. The third-order valence-electron chi connectivity index (χ3n) is 4.98. The highest BCUT2D eigenvalue weighted by molar-refractivity contribution is 5.94. The number of allylic oxidation sites excluding steroid dienone is 4. The fourth-order valence-electron chi connectivity index (χ4n) is 3.64. The Morgan fingerprint density at radius 1 is 1.26 bits per heavy atom. The van der Waals surface area contributed by atoms with Gasteiger partial charge in [-0.15, -0.1) is 0 Å². The Balaban J connectivity index is 1.45. The summed E-state index contributed by atoms with van der Waals surface area (Å²) in [5.41, 5.74) is 1.51. The molecular weight excluding hydrogens is 290 g/mol. The van der Waals surface area contributed by atoms with Crippen molar-refractivity contribution in [2.45, 2.75) is 31.3 Å². The van der Waals surface area contributed by atoms with E-state index in [2.05, 4.69) is 28.1 Å². The van der Waals surface area contributed by atoms with Gasteiger partial charge in [-0.3, -0.25) is 4.79 Å². The van der Waals surface area contributed by atoms with E-state index < -0.39 is 0 Å². The first-order valence-electron chi connectivity index (χ1n) is 8.49. The number of ether oxygens (including phenoxy) is 1. The summed E-state index contributed by atoms with van der Waals surface area (Å²) in [6.07, 6.45) is 14.2. The van der Waals surface area contributed by atoms with Crippen LogP contribution in [0.5, 0.6) is 0 Å². The van der Waals surface area contributed by atoms with Crippen molar-refractivity contribution < 1.29 is 9.53 Å². The van der Waals surface area contributed by atoms with Crippen LogP contribution < -0.4 is 16.0 Å². The topological polar surface area (TPSA) is 62.4 Å².